The normalized spacial score (nSPS) is 10.4. The molecule has 0 aliphatic rings. The lowest BCUT2D eigenvalue weighted by molar-refractivity contribution is -0.384. The summed E-state index contributed by atoms with van der Waals surface area (Å²) in [4.78, 5) is 10.6. The molecule has 0 radical (unpaired) electrons. The Morgan fingerprint density at radius 3 is 2.75 bits per heavy atom. The topological polar surface area (TPSA) is 68.9 Å². The number of aromatic nitrogens is 2. The molecule has 2 aromatic rings. The molecule has 0 fully saturated rings. The summed E-state index contributed by atoms with van der Waals surface area (Å²) in [5.41, 5.74) is 1.22. The van der Waals surface area contributed by atoms with E-state index in [-0.39, 0.29) is 10.6 Å². The highest BCUT2D eigenvalue weighted by Gasteiger charge is 2.20. The first kappa shape index (κ1) is 11.2. The lowest BCUT2D eigenvalue weighted by Gasteiger charge is -2.01. The van der Waals surface area contributed by atoms with Crippen LogP contribution in [0.25, 0.3) is 10.6 Å². The van der Waals surface area contributed by atoms with E-state index in [4.69, 9.17) is 0 Å². The van der Waals surface area contributed by atoms with Crippen LogP contribution in [0.4, 0.5) is 5.69 Å². The summed E-state index contributed by atoms with van der Waals surface area (Å²) in [6, 6.07) is 5.16. The maximum atomic E-state index is 11.0. The van der Waals surface area contributed by atoms with Crippen LogP contribution >= 0.6 is 27.3 Å². The molecule has 0 atom stereocenters. The van der Waals surface area contributed by atoms with Gasteiger partial charge in [-0.2, -0.15) is 0 Å². The van der Waals surface area contributed by atoms with Gasteiger partial charge in [0.15, 0.2) is 8.92 Å². The number of nitrogens with zero attached hydrogens (tertiary/aromatic N) is 3. The number of hydrogen-bond acceptors (Lipinski definition) is 5. The zero-order valence-electron chi connectivity index (χ0n) is 8.18. The van der Waals surface area contributed by atoms with Crippen molar-refractivity contribution in [2.24, 2.45) is 0 Å². The van der Waals surface area contributed by atoms with Gasteiger partial charge >= 0.3 is 0 Å². The largest absolute Gasteiger partial charge is 0.282 e. The summed E-state index contributed by atoms with van der Waals surface area (Å²) in [5, 5.41) is 19.2. The molecule has 0 amide bonds. The first-order chi connectivity index (χ1) is 7.59. The van der Waals surface area contributed by atoms with Crippen molar-refractivity contribution in [2.75, 3.05) is 0 Å². The van der Waals surface area contributed by atoms with Crippen molar-refractivity contribution in [1.82, 2.24) is 10.2 Å². The molecule has 0 saturated carbocycles. The van der Waals surface area contributed by atoms with E-state index < -0.39 is 0 Å². The SMILES string of the molecule is Cc1cccc(-c2nnc(Br)s2)c1[N+](=O)[O-]. The fourth-order valence-electron chi connectivity index (χ4n) is 1.39. The summed E-state index contributed by atoms with van der Waals surface area (Å²) in [5.74, 6) is 0. The molecule has 0 aliphatic heterocycles. The summed E-state index contributed by atoms with van der Waals surface area (Å²) >= 11 is 4.46. The summed E-state index contributed by atoms with van der Waals surface area (Å²) in [7, 11) is 0. The molecule has 2 rings (SSSR count). The van der Waals surface area contributed by atoms with Crippen LogP contribution in [0.1, 0.15) is 5.56 Å². The van der Waals surface area contributed by atoms with E-state index in [1.54, 1.807) is 25.1 Å². The van der Waals surface area contributed by atoms with E-state index in [1.165, 1.54) is 11.3 Å². The van der Waals surface area contributed by atoms with Crippen LogP contribution in [0.3, 0.4) is 0 Å². The van der Waals surface area contributed by atoms with E-state index in [0.29, 0.717) is 20.1 Å². The van der Waals surface area contributed by atoms with Crippen LogP contribution in [0.2, 0.25) is 0 Å². The molecule has 0 bridgehead atoms. The summed E-state index contributed by atoms with van der Waals surface area (Å²) < 4.78 is 0.610. The van der Waals surface area contributed by atoms with Crippen molar-refractivity contribution in [3.05, 3.63) is 37.8 Å². The Kier molecular flexibility index (Phi) is 2.97. The fourth-order valence-corrected chi connectivity index (χ4v) is 2.52. The maximum absolute atomic E-state index is 11.0. The minimum absolute atomic E-state index is 0.0890. The van der Waals surface area contributed by atoms with Crippen LogP contribution in [0, 0.1) is 17.0 Å². The quantitative estimate of drug-likeness (QED) is 0.631. The van der Waals surface area contributed by atoms with Gasteiger partial charge in [0.2, 0.25) is 0 Å². The van der Waals surface area contributed by atoms with Gasteiger partial charge in [0.25, 0.3) is 5.69 Å². The van der Waals surface area contributed by atoms with Gasteiger partial charge in [-0.3, -0.25) is 10.1 Å². The molecule has 0 aliphatic carbocycles. The van der Waals surface area contributed by atoms with Gasteiger partial charge in [-0.1, -0.05) is 23.5 Å². The standard InChI is InChI=1S/C9H6BrN3O2S/c1-5-3-2-4-6(7(5)13(14)15)8-11-12-9(10)16-8/h2-4H,1H3. The zero-order chi connectivity index (χ0) is 11.7. The van der Waals surface area contributed by atoms with Gasteiger partial charge in [-0.25, -0.2) is 0 Å². The predicted molar refractivity (Wildman–Crippen MR) is 64.4 cm³/mol. The molecule has 5 nitrogen and oxygen atoms in total. The molecule has 1 heterocycles. The monoisotopic (exact) mass is 299 g/mol. The van der Waals surface area contributed by atoms with Gasteiger partial charge in [-0.05, 0) is 28.9 Å². The van der Waals surface area contributed by atoms with Gasteiger partial charge in [-0.15, -0.1) is 10.2 Å². The second-order valence-electron chi connectivity index (χ2n) is 3.09. The first-order valence-electron chi connectivity index (χ1n) is 4.33. The van der Waals surface area contributed by atoms with Gasteiger partial charge in [0.05, 0.1) is 10.5 Å². The second kappa shape index (κ2) is 4.26. The number of nitro benzene ring substituents is 1. The average Bonchev–Trinajstić information content (AvgIpc) is 2.63. The van der Waals surface area contributed by atoms with Crippen LogP contribution in [-0.4, -0.2) is 15.1 Å². The second-order valence-corrected chi connectivity index (χ2v) is 5.34. The lowest BCUT2D eigenvalue weighted by Crippen LogP contribution is -1.94. The molecule has 0 unspecified atom stereocenters. The third-order valence-corrected chi connectivity index (χ3v) is 3.44. The molecule has 16 heavy (non-hydrogen) atoms. The Morgan fingerprint density at radius 1 is 1.44 bits per heavy atom. The van der Waals surface area contributed by atoms with Gasteiger partial charge in [0, 0.05) is 5.56 Å². The van der Waals surface area contributed by atoms with Crippen LogP contribution in [-0.2, 0) is 0 Å². The summed E-state index contributed by atoms with van der Waals surface area (Å²) in [6.45, 7) is 1.71. The number of rotatable bonds is 2. The molecule has 1 aromatic heterocycles. The summed E-state index contributed by atoms with van der Waals surface area (Å²) in [6.07, 6.45) is 0. The van der Waals surface area contributed by atoms with Crippen LogP contribution in [0.15, 0.2) is 22.1 Å². The third kappa shape index (κ3) is 1.96. The number of nitro groups is 1. The van der Waals surface area contributed by atoms with Gasteiger partial charge in [0.1, 0.15) is 0 Å². The smallest absolute Gasteiger partial charge is 0.258 e. The molecular weight excluding hydrogens is 294 g/mol. The van der Waals surface area contributed by atoms with Crippen molar-refractivity contribution in [3.8, 4) is 10.6 Å². The number of benzene rings is 1. The molecule has 0 saturated heterocycles. The van der Waals surface area contributed by atoms with Crippen molar-refractivity contribution in [3.63, 3.8) is 0 Å². The highest BCUT2D eigenvalue weighted by atomic mass is 79.9. The van der Waals surface area contributed by atoms with Crippen LogP contribution in [0.5, 0.6) is 0 Å². The average molecular weight is 300 g/mol. The third-order valence-electron chi connectivity index (χ3n) is 2.05. The minimum atomic E-state index is -0.389. The fraction of sp³-hybridized carbons (Fsp3) is 0.111. The zero-order valence-corrected chi connectivity index (χ0v) is 10.6. The minimum Gasteiger partial charge on any atom is -0.258 e. The highest BCUT2D eigenvalue weighted by Crippen LogP contribution is 2.35. The number of aryl methyl sites for hydroxylation is 1. The van der Waals surface area contributed by atoms with Crippen molar-refractivity contribution >= 4 is 33.0 Å². The van der Waals surface area contributed by atoms with E-state index in [2.05, 4.69) is 26.1 Å². The Morgan fingerprint density at radius 2 is 2.19 bits per heavy atom. The van der Waals surface area contributed by atoms with Crippen molar-refractivity contribution in [2.45, 2.75) is 6.92 Å². The van der Waals surface area contributed by atoms with Gasteiger partial charge < -0.3 is 0 Å². The molecular formula is C9H6BrN3O2S. The Hall–Kier alpha value is -1.34. The Balaban J connectivity index is 2.65. The van der Waals surface area contributed by atoms with E-state index in [1.807, 2.05) is 0 Å². The number of hydrogen-bond donors (Lipinski definition) is 0. The Bertz CT molecular complexity index is 555. The van der Waals surface area contributed by atoms with Crippen molar-refractivity contribution in [1.29, 1.82) is 0 Å². The molecule has 82 valence electrons. The van der Waals surface area contributed by atoms with E-state index in [0.717, 1.165) is 0 Å². The Labute approximate surface area is 103 Å². The van der Waals surface area contributed by atoms with Crippen molar-refractivity contribution < 1.29 is 4.92 Å². The maximum Gasteiger partial charge on any atom is 0.282 e. The number of para-hydroxylation sites is 1. The van der Waals surface area contributed by atoms with E-state index in [9.17, 15) is 10.1 Å². The molecule has 0 spiro atoms. The lowest BCUT2D eigenvalue weighted by atomic mass is 10.1. The number of halogens is 1. The highest BCUT2D eigenvalue weighted by molar-refractivity contribution is 9.11. The molecule has 0 N–H and O–H groups in total. The predicted octanol–water partition coefficient (Wildman–Crippen LogP) is 3.18. The van der Waals surface area contributed by atoms with Crippen LogP contribution < -0.4 is 0 Å². The van der Waals surface area contributed by atoms with E-state index >= 15 is 0 Å². The molecule has 1 aromatic carbocycles. The molecule has 7 heteroatoms. The first-order valence-corrected chi connectivity index (χ1v) is 5.94.